The molecule has 4 rings (SSSR count). The van der Waals surface area contributed by atoms with Gasteiger partial charge in [0.25, 0.3) is 5.95 Å². The summed E-state index contributed by atoms with van der Waals surface area (Å²) in [6.07, 6.45) is 0. The molecular weight excluding hydrogens is 336 g/mol. The van der Waals surface area contributed by atoms with Crippen LogP contribution in [0.3, 0.4) is 0 Å². The fourth-order valence-electron chi connectivity index (χ4n) is 2.62. The molecule has 0 aliphatic rings. The zero-order valence-electron chi connectivity index (χ0n) is 13.7. The van der Waals surface area contributed by atoms with E-state index < -0.39 is 0 Å². The molecule has 2 aromatic heterocycles. The monoisotopic (exact) mass is 350 g/mol. The quantitative estimate of drug-likeness (QED) is 0.426. The van der Waals surface area contributed by atoms with Crippen LogP contribution in [0.25, 0.3) is 22.1 Å². The van der Waals surface area contributed by atoms with Crippen molar-refractivity contribution in [1.29, 1.82) is 0 Å². The highest BCUT2D eigenvalue weighted by Gasteiger charge is 2.09. The first-order chi connectivity index (χ1) is 12.1. The number of benzene rings is 2. The highest BCUT2D eigenvalue weighted by molar-refractivity contribution is 6.30. The van der Waals surface area contributed by atoms with Gasteiger partial charge in [-0.25, -0.2) is 5.43 Å². The Balaban J connectivity index is 1.64. The lowest BCUT2D eigenvalue weighted by molar-refractivity contribution is 1.01. The number of rotatable bonds is 3. The third-order valence-electron chi connectivity index (χ3n) is 3.96. The number of H-pyrrole nitrogens is 1. The molecule has 0 saturated carbocycles. The molecule has 0 radical (unpaired) electrons. The maximum Gasteiger partial charge on any atom is 0.265 e. The predicted molar refractivity (Wildman–Crippen MR) is 101 cm³/mol. The summed E-state index contributed by atoms with van der Waals surface area (Å²) in [5.74, 6) is 0.337. The summed E-state index contributed by atoms with van der Waals surface area (Å²) < 4.78 is 0. The van der Waals surface area contributed by atoms with Crippen LogP contribution in [0, 0.1) is 6.92 Å². The van der Waals surface area contributed by atoms with Crippen molar-refractivity contribution >= 4 is 45.3 Å². The van der Waals surface area contributed by atoms with Gasteiger partial charge < -0.3 is 4.98 Å². The molecule has 0 bridgehead atoms. The van der Waals surface area contributed by atoms with Crippen molar-refractivity contribution in [2.24, 2.45) is 5.10 Å². The third-order valence-corrected chi connectivity index (χ3v) is 4.21. The van der Waals surface area contributed by atoms with E-state index in [-0.39, 0.29) is 0 Å². The molecule has 0 atom stereocenters. The van der Waals surface area contributed by atoms with Crippen LogP contribution in [-0.4, -0.2) is 25.9 Å². The largest absolute Gasteiger partial charge is 0.338 e. The zero-order valence-corrected chi connectivity index (χ0v) is 14.5. The summed E-state index contributed by atoms with van der Waals surface area (Å²) in [6.45, 7) is 3.94. The smallest absolute Gasteiger partial charge is 0.265 e. The van der Waals surface area contributed by atoms with E-state index in [1.54, 1.807) is 0 Å². The van der Waals surface area contributed by atoms with Crippen LogP contribution in [0.2, 0.25) is 5.02 Å². The Morgan fingerprint density at radius 2 is 1.92 bits per heavy atom. The minimum Gasteiger partial charge on any atom is -0.338 e. The molecule has 124 valence electrons. The van der Waals surface area contributed by atoms with Crippen molar-refractivity contribution in [3.8, 4) is 0 Å². The zero-order chi connectivity index (χ0) is 17.4. The first-order valence-electron chi connectivity index (χ1n) is 7.79. The number of aromatic amines is 1. The topological polar surface area (TPSA) is 78.8 Å². The molecule has 2 heterocycles. The molecule has 2 aromatic carbocycles. The van der Waals surface area contributed by atoms with Crippen LogP contribution in [0.15, 0.2) is 47.6 Å². The Labute approximate surface area is 149 Å². The van der Waals surface area contributed by atoms with Crippen LogP contribution in [0.1, 0.15) is 18.1 Å². The lowest BCUT2D eigenvalue weighted by Crippen LogP contribution is -2.03. The number of fused-ring (bicyclic) bond motifs is 3. The number of anilines is 1. The minimum atomic E-state index is 0.337. The fourth-order valence-corrected chi connectivity index (χ4v) is 2.75. The van der Waals surface area contributed by atoms with E-state index >= 15 is 0 Å². The van der Waals surface area contributed by atoms with E-state index in [0.29, 0.717) is 16.6 Å². The highest BCUT2D eigenvalue weighted by Crippen LogP contribution is 2.23. The van der Waals surface area contributed by atoms with E-state index in [1.165, 1.54) is 5.56 Å². The second-order valence-electron chi connectivity index (χ2n) is 5.82. The van der Waals surface area contributed by atoms with E-state index in [9.17, 15) is 0 Å². The van der Waals surface area contributed by atoms with Crippen LogP contribution in [0.4, 0.5) is 5.95 Å². The summed E-state index contributed by atoms with van der Waals surface area (Å²) >= 11 is 5.90. The average Bonchev–Trinajstić information content (AvgIpc) is 2.97. The number of aromatic nitrogens is 4. The Bertz CT molecular complexity index is 1100. The average molecular weight is 351 g/mol. The van der Waals surface area contributed by atoms with Crippen molar-refractivity contribution in [2.75, 3.05) is 5.43 Å². The maximum atomic E-state index is 5.90. The number of nitrogens with zero attached hydrogens (tertiary/aromatic N) is 4. The Morgan fingerprint density at radius 3 is 2.72 bits per heavy atom. The number of nitrogens with one attached hydrogen (secondary N) is 2. The van der Waals surface area contributed by atoms with Gasteiger partial charge in [-0.15, -0.1) is 10.2 Å². The van der Waals surface area contributed by atoms with Crippen molar-refractivity contribution in [2.45, 2.75) is 13.8 Å². The molecule has 0 unspecified atom stereocenters. The first-order valence-corrected chi connectivity index (χ1v) is 8.17. The molecule has 0 fully saturated rings. The molecule has 0 aliphatic heterocycles. The third kappa shape index (κ3) is 3.04. The van der Waals surface area contributed by atoms with Gasteiger partial charge in [-0.1, -0.05) is 35.4 Å². The summed E-state index contributed by atoms with van der Waals surface area (Å²) in [5.41, 5.74) is 8.20. The molecule has 0 amide bonds. The van der Waals surface area contributed by atoms with Crippen molar-refractivity contribution in [3.63, 3.8) is 0 Å². The van der Waals surface area contributed by atoms with Gasteiger partial charge in [0, 0.05) is 15.9 Å². The van der Waals surface area contributed by atoms with Gasteiger partial charge in [0.05, 0.1) is 5.71 Å². The number of hydrogen-bond acceptors (Lipinski definition) is 5. The van der Waals surface area contributed by atoms with Gasteiger partial charge in [0.15, 0.2) is 5.65 Å². The number of hydrazone groups is 1. The molecule has 0 spiro atoms. The van der Waals surface area contributed by atoms with E-state index in [4.69, 9.17) is 11.6 Å². The van der Waals surface area contributed by atoms with Gasteiger partial charge in [-0.3, -0.25) is 0 Å². The van der Waals surface area contributed by atoms with Gasteiger partial charge in [-0.05, 0) is 43.7 Å². The Kier molecular flexibility index (Phi) is 3.82. The molecule has 0 saturated heterocycles. The molecule has 7 heteroatoms. The van der Waals surface area contributed by atoms with Gasteiger partial charge in [-0.2, -0.15) is 10.1 Å². The van der Waals surface area contributed by atoms with Crippen molar-refractivity contribution in [3.05, 3.63) is 58.6 Å². The molecule has 0 aliphatic carbocycles. The summed E-state index contributed by atoms with van der Waals surface area (Å²) in [5, 5.41) is 14.4. The molecular formula is C18H15ClN6. The second kappa shape index (κ2) is 6.14. The van der Waals surface area contributed by atoms with Gasteiger partial charge in [0.1, 0.15) is 5.52 Å². The summed E-state index contributed by atoms with van der Waals surface area (Å²) in [7, 11) is 0. The normalized spacial score (nSPS) is 12.0. The Morgan fingerprint density at radius 1 is 1.12 bits per heavy atom. The fraction of sp³-hybridized carbons (Fsp3) is 0.111. The lowest BCUT2D eigenvalue weighted by atomic mass is 10.1. The Hall–Kier alpha value is -2.99. The molecule has 2 N–H and O–H groups in total. The maximum absolute atomic E-state index is 5.90. The van der Waals surface area contributed by atoms with Gasteiger partial charge in [0.2, 0.25) is 0 Å². The molecule has 4 aromatic rings. The van der Waals surface area contributed by atoms with E-state index in [1.807, 2.05) is 50.2 Å². The number of hydrogen-bond donors (Lipinski definition) is 2. The van der Waals surface area contributed by atoms with Gasteiger partial charge >= 0.3 is 0 Å². The van der Waals surface area contributed by atoms with Crippen molar-refractivity contribution < 1.29 is 0 Å². The predicted octanol–water partition coefficient (Wildman–Crippen LogP) is 4.30. The molecule has 6 nitrogen and oxygen atoms in total. The van der Waals surface area contributed by atoms with Crippen molar-refractivity contribution in [1.82, 2.24) is 20.2 Å². The SMILES string of the molecule is CC(=NNc1nnc2c(n1)[nH]c1ccc(C)cc12)c1ccc(Cl)cc1. The van der Waals surface area contributed by atoms with E-state index in [0.717, 1.165) is 27.7 Å². The second-order valence-corrected chi connectivity index (χ2v) is 6.26. The summed E-state index contributed by atoms with van der Waals surface area (Å²) in [4.78, 5) is 7.71. The van der Waals surface area contributed by atoms with Crippen LogP contribution < -0.4 is 5.43 Å². The highest BCUT2D eigenvalue weighted by atomic mass is 35.5. The standard InChI is InChI=1S/C18H15ClN6/c1-10-3-8-15-14(9-10)16-17(20-15)21-18(25-23-16)24-22-11(2)12-4-6-13(19)7-5-12/h3-9H,1-2H3,(H2,20,21,24,25). The van der Waals surface area contributed by atoms with Crippen LogP contribution in [0.5, 0.6) is 0 Å². The van der Waals surface area contributed by atoms with Crippen LogP contribution >= 0.6 is 11.6 Å². The number of aryl methyl sites for hydroxylation is 1. The minimum absolute atomic E-state index is 0.337. The first kappa shape index (κ1) is 15.5. The summed E-state index contributed by atoms with van der Waals surface area (Å²) in [6, 6.07) is 13.6. The number of halogens is 1. The van der Waals surface area contributed by atoms with E-state index in [2.05, 4.69) is 36.8 Å². The lowest BCUT2D eigenvalue weighted by Gasteiger charge is -2.02. The van der Waals surface area contributed by atoms with Crippen LogP contribution in [-0.2, 0) is 0 Å². The molecule has 25 heavy (non-hydrogen) atoms.